The van der Waals surface area contributed by atoms with E-state index in [1.165, 1.54) is 10.9 Å². The van der Waals surface area contributed by atoms with Gasteiger partial charge >= 0.3 is 0 Å². The molecule has 1 unspecified atom stereocenters. The molecule has 0 aliphatic carbocycles. The summed E-state index contributed by atoms with van der Waals surface area (Å²) >= 11 is 2.05. The molecule has 0 N–H and O–H groups in total. The molecule has 2 aromatic carbocycles. The van der Waals surface area contributed by atoms with Crippen molar-refractivity contribution in [2.75, 3.05) is 6.66 Å². The lowest BCUT2D eigenvalue weighted by atomic mass is 10.2. The summed E-state index contributed by atoms with van der Waals surface area (Å²) in [6.45, 7) is 2.33. The first-order valence-electron chi connectivity index (χ1n) is 5.32. The summed E-state index contributed by atoms with van der Waals surface area (Å²) < 4.78 is 0. The molecule has 2 rings (SSSR count). The van der Waals surface area contributed by atoms with E-state index in [1.807, 2.05) is 11.4 Å². The molecule has 0 amide bonds. The Labute approximate surface area is 103 Å². The molecule has 2 aromatic rings. The molecule has 0 fully saturated rings. The maximum atomic E-state index is 2.33. The van der Waals surface area contributed by atoms with Gasteiger partial charge in [0.1, 0.15) is 0 Å². The van der Waals surface area contributed by atoms with Crippen molar-refractivity contribution in [2.24, 2.45) is 0 Å². The van der Waals surface area contributed by atoms with Gasteiger partial charge in [0.2, 0.25) is 0 Å². The lowest BCUT2D eigenvalue weighted by molar-refractivity contribution is 1.43. The second-order valence-corrected chi connectivity index (χ2v) is 8.07. The van der Waals surface area contributed by atoms with Crippen LogP contribution >= 0.6 is 18.5 Å². The van der Waals surface area contributed by atoms with Crippen LogP contribution in [0.3, 0.4) is 0 Å². The standard InChI is InChI=1S/C14H15PS/c1-15(14-10-6-3-7-11-14)16-12-13-8-4-2-5-9-13/h2-11H,12H2,1H3. The largest absolute Gasteiger partial charge is 0.125 e. The fraction of sp³-hybridized carbons (Fsp3) is 0.143. The number of hydrogen-bond donors (Lipinski definition) is 0. The minimum Gasteiger partial charge on any atom is -0.125 e. The van der Waals surface area contributed by atoms with E-state index in [2.05, 4.69) is 67.3 Å². The highest BCUT2D eigenvalue weighted by Crippen LogP contribution is 2.46. The monoisotopic (exact) mass is 246 g/mol. The van der Waals surface area contributed by atoms with Gasteiger partial charge in [-0.1, -0.05) is 60.7 Å². The van der Waals surface area contributed by atoms with E-state index < -0.39 is 0 Å². The molecule has 82 valence electrons. The van der Waals surface area contributed by atoms with Crippen molar-refractivity contribution in [1.82, 2.24) is 0 Å². The van der Waals surface area contributed by atoms with Gasteiger partial charge in [-0.05, 0) is 24.7 Å². The van der Waals surface area contributed by atoms with Crippen molar-refractivity contribution >= 4 is 23.8 Å². The Morgan fingerprint density at radius 3 is 2.06 bits per heavy atom. The normalized spacial score (nSPS) is 12.3. The quantitative estimate of drug-likeness (QED) is 0.726. The molecule has 2 heteroatoms. The van der Waals surface area contributed by atoms with Gasteiger partial charge in [-0.2, -0.15) is 0 Å². The van der Waals surface area contributed by atoms with E-state index in [1.54, 1.807) is 0 Å². The second-order valence-electron chi connectivity index (χ2n) is 3.59. The van der Waals surface area contributed by atoms with Crippen LogP contribution in [0.15, 0.2) is 60.7 Å². The van der Waals surface area contributed by atoms with Gasteiger partial charge in [-0.15, -0.1) is 11.4 Å². The summed E-state index contributed by atoms with van der Waals surface area (Å²) in [7, 11) is -0.0827. The van der Waals surface area contributed by atoms with E-state index in [9.17, 15) is 0 Å². The Balaban J connectivity index is 1.92. The van der Waals surface area contributed by atoms with Crippen molar-refractivity contribution in [3.8, 4) is 0 Å². The van der Waals surface area contributed by atoms with Gasteiger partial charge < -0.3 is 0 Å². The molecule has 0 saturated heterocycles. The molecule has 0 aromatic heterocycles. The van der Waals surface area contributed by atoms with Crippen LogP contribution in [0.2, 0.25) is 0 Å². The van der Waals surface area contributed by atoms with Gasteiger partial charge in [-0.25, -0.2) is 0 Å². The van der Waals surface area contributed by atoms with Crippen LogP contribution in [0, 0.1) is 0 Å². The molecule has 1 atom stereocenters. The Hall–Kier alpha value is -0.780. The number of rotatable bonds is 4. The Bertz CT molecular complexity index is 413. The summed E-state index contributed by atoms with van der Waals surface area (Å²) in [6.07, 6.45) is 0. The van der Waals surface area contributed by atoms with Crippen molar-refractivity contribution < 1.29 is 0 Å². The molecule has 0 nitrogen and oxygen atoms in total. The number of hydrogen-bond acceptors (Lipinski definition) is 1. The zero-order chi connectivity index (χ0) is 11.2. The van der Waals surface area contributed by atoms with Gasteiger partial charge in [0, 0.05) is 5.75 Å². The van der Waals surface area contributed by atoms with Crippen LogP contribution in [0.5, 0.6) is 0 Å². The zero-order valence-electron chi connectivity index (χ0n) is 9.34. The maximum Gasteiger partial charge on any atom is 0.0229 e. The minimum atomic E-state index is -0.0827. The summed E-state index contributed by atoms with van der Waals surface area (Å²) in [6, 6.07) is 21.4. The second kappa shape index (κ2) is 6.08. The molecule has 0 bridgehead atoms. The first kappa shape index (κ1) is 11.7. The fourth-order valence-electron chi connectivity index (χ4n) is 1.46. The third kappa shape index (κ3) is 3.37. The first-order chi connectivity index (χ1) is 7.86. The smallest absolute Gasteiger partial charge is 0.0229 e. The zero-order valence-corrected chi connectivity index (χ0v) is 11.0. The Morgan fingerprint density at radius 1 is 0.875 bits per heavy atom. The van der Waals surface area contributed by atoms with Gasteiger partial charge in [0.15, 0.2) is 0 Å². The summed E-state index contributed by atoms with van der Waals surface area (Å²) in [4.78, 5) is 0. The molecule has 0 radical (unpaired) electrons. The van der Waals surface area contributed by atoms with E-state index in [0.717, 1.165) is 5.75 Å². The van der Waals surface area contributed by atoms with Crippen LogP contribution < -0.4 is 5.30 Å². The van der Waals surface area contributed by atoms with E-state index in [-0.39, 0.29) is 7.12 Å². The molecular formula is C14H15PS. The van der Waals surface area contributed by atoms with Crippen molar-refractivity contribution in [3.63, 3.8) is 0 Å². The van der Waals surface area contributed by atoms with Crippen LogP contribution in [-0.4, -0.2) is 6.66 Å². The predicted molar refractivity (Wildman–Crippen MR) is 76.7 cm³/mol. The highest BCUT2D eigenvalue weighted by atomic mass is 32.7. The third-order valence-electron chi connectivity index (χ3n) is 2.39. The Morgan fingerprint density at radius 2 is 1.44 bits per heavy atom. The van der Waals surface area contributed by atoms with Gasteiger partial charge in [0.25, 0.3) is 0 Å². The van der Waals surface area contributed by atoms with Crippen LogP contribution in [0.4, 0.5) is 0 Å². The molecule has 0 saturated carbocycles. The van der Waals surface area contributed by atoms with E-state index in [0.29, 0.717) is 0 Å². The van der Waals surface area contributed by atoms with Gasteiger partial charge in [0.05, 0.1) is 0 Å². The van der Waals surface area contributed by atoms with Crippen molar-refractivity contribution in [2.45, 2.75) is 5.75 Å². The number of benzene rings is 2. The van der Waals surface area contributed by atoms with Gasteiger partial charge in [-0.3, -0.25) is 0 Å². The topological polar surface area (TPSA) is 0 Å². The molecule has 0 aliphatic heterocycles. The fourth-order valence-corrected chi connectivity index (χ4v) is 4.57. The van der Waals surface area contributed by atoms with Crippen LogP contribution in [0.25, 0.3) is 0 Å². The maximum absolute atomic E-state index is 2.33. The van der Waals surface area contributed by atoms with Crippen molar-refractivity contribution in [1.29, 1.82) is 0 Å². The van der Waals surface area contributed by atoms with Crippen LogP contribution in [-0.2, 0) is 5.75 Å². The molecular weight excluding hydrogens is 231 g/mol. The molecule has 0 heterocycles. The molecule has 16 heavy (non-hydrogen) atoms. The average molecular weight is 246 g/mol. The summed E-state index contributed by atoms with van der Waals surface area (Å²) in [5.74, 6) is 1.11. The molecule has 0 spiro atoms. The lowest BCUT2D eigenvalue weighted by Crippen LogP contribution is -1.95. The lowest BCUT2D eigenvalue weighted by Gasteiger charge is -2.11. The third-order valence-corrected chi connectivity index (χ3v) is 6.44. The summed E-state index contributed by atoms with van der Waals surface area (Å²) in [5, 5.41) is 1.47. The average Bonchev–Trinajstić information content (AvgIpc) is 2.38. The summed E-state index contributed by atoms with van der Waals surface area (Å²) in [5.41, 5.74) is 1.41. The predicted octanol–water partition coefficient (Wildman–Crippen LogP) is 4.27. The highest BCUT2D eigenvalue weighted by molar-refractivity contribution is 8.57. The highest BCUT2D eigenvalue weighted by Gasteiger charge is 2.04. The van der Waals surface area contributed by atoms with E-state index >= 15 is 0 Å². The SMILES string of the molecule is CP(SCc1ccccc1)c1ccccc1. The minimum absolute atomic E-state index is 0.0827. The van der Waals surface area contributed by atoms with Crippen LogP contribution in [0.1, 0.15) is 5.56 Å². The Kier molecular flexibility index (Phi) is 4.44. The van der Waals surface area contributed by atoms with Crippen molar-refractivity contribution in [3.05, 3.63) is 66.2 Å². The van der Waals surface area contributed by atoms with E-state index in [4.69, 9.17) is 0 Å². The molecule has 0 aliphatic rings. The first-order valence-corrected chi connectivity index (χ1v) is 8.70.